The number of fused-ring (bicyclic) bond motifs is 1. The van der Waals surface area contributed by atoms with Crippen molar-refractivity contribution >= 4 is 16.7 Å². The number of benzene rings is 1. The summed E-state index contributed by atoms with van der Waals surface area (Å²) in [6.45, 7) is 2.88. The molecule has 0 radical (unpaired) electrons. The number of aryl methyl sites for hydroxylation is 1. The van der Waals surface area contributed by atoms with Gasteiger partial charge >= 0.3 is 0 Å². The second kappa shape index (κ2) is 4.70. The third-order valence-electron chi connectivity index (χ3n) is 3.82. The SMILES string of the molecule is COc1ccc2[nH]c(C)c(C(=O)C3CCCN3)c2c1. The smallest absolute Gasteiger partial charge is 0.182 e. The molecule has 1 aromatic heterocycles. The summed E-state index contributed by atoms with van der Waals surface area (Å²) in [5.41, 5.74) is 2.72. The summed E-state index contributed by atoms with van der Waals surface area (Å²) < 4.78 is 5.25. The molecule has 0 amide bonds. The quantitative estimate of drug-likeness (QED) is 0.831. The van der Waals surface area contributed by atoms with Crippen LogP contribution < -0.4 is 10.1 Å². The zero-order valence-electron chi connectivity index (χ0n) is 11.2. The largest absolute Gasteiger partial charge is 0.497 e. The second-order valence-corrected chi connectivity index (χ2v) is 5.05. The standard InChI is InChI=1S/C15H18N2O2/c1-9-14(15(18)13-4-3-7-16-13)11-8-10(19-2)5-6-12(11)17-9/h5-6,8,13,16-17H,3-4,7H2,1-2H3. The molecule has 19 heavy (non-hydrogen) atoms. The first-order valence-corrected chi connectivity index (χ1v) is 6.64. The Bertz CT molecular complexity index is 624. The van der Waals surface area contributed by atoms with Crippen LogP contribution in [0, 0.1) is 6.92 Å². The molecule has 4 nitrogen and oxygen atoms in total. The van der Waals surface area contributed by atoms with Gasteiger partial charge in [0.2, 0.25) is 0 Å². The Morgan fingerprint density at radius 1 is 1.42 bits per heavy atom. The first-order valence-electron chi connectivity index (χ1n) is 6.64. The molecule has 1 atom stereocenters. The third-order valence-corrected chi connectivity index (χ3v) is 3.82. The van der Waals surface area contributed by atoms with Crippen LogP contribution in [0.25, 0.3) is 10.9 Å². The molecule has 1 fully saturated rings. The fourth-order valence-corrected chi connectivity index (χ4v) is 2.83. The maximum absolute atomic E-state index is 12.6. The molecule has 0 bridgehead atoms. The van der Waals surface area contributed by atoms with Crippen molar-refractivity contribution in [3.63, 3.8) is 0 Å². The summed E-state index contributed by atoms with van der Waals surface area (Å²) in [4.78, 5) is 15.9. The van der Waals surface area contributed by atoms with Gasteiger partial charge in [0.1, 0.15) is 5.75 Å². The lowest BCUT2D eigenvalue weighted by molar-refractivity contribution is 0.0953. The van der Waals surface area contributed by atoms with Gasteiger partial charge in [-0.05, 0) is 44.5 Å². The van der Waals surface area contributed by atoms with E-state index in [2.05, 4.69) is 10.3 Å². The van der Waals surface area contributed by atoms with Crippen LogP contribution in [0.2, 0.25) is 0 Å². The molecule has 0 spiro atoms. The van der Waals surface area contributed by atoms with Crippen LogP contribution in [0.15, 0.2) is 18.2 Å². The van der Waals surface area contributed by atoms with Gasteiger partial charge in [-0.2, -0.15) is 0 Å². The van der Waals surface area contributed by atoms with Crippen molar-refractivity contribution in [2.24, 2.45) is 0 Å². The van der Waals surface area contributed by atoms with Gasteiger partial charge in [-0.3, -0.25) is 4.79 Å². The molecule has 1 aromatic carbocycles. The normalized spacial score (nSPS) is 18.9. The van der Waals surface area contributed by atoms with Crippen LogP contribution in [0.1, 0.15) is 28.9 Å². The van der Waals surface area contributed by atoms with E-state index in [4.69, 9.17) is 4.74 Å². The minimum atomic E-state index is -0.0381. The van der Waals surface area contributed by atoms with E-state index in [9.17, 15) is 4.79 Å². The van der Waals surface area contributed by atoms with Crippen LogP contribution in [0.4, 0.5) is 0 Å². The fraction of sp³-hybridized carbons (Fsp3) is 0.400. The summed E-state index contributed by atoms with van der Waals surface area (Å²) in [6.07, 6.45) is 2.00. The van der Waals surface area contributed by atoms with E-state index in [1.807, 2.05) is 25.1 Å². The monoisotopic (exact) mass is 258 g/mol. The van der Waals surface area contributed by atoms with Crippen LogP contribution in [0.3, 0.4) is 0 Å². The van der Waals surface area contributed by atoms with Crippen molar-refractivity contribution in [1.29, 1.82) is 0 Å². The highest BCUT2D eigenvalue weighted by atomic mass is 16.5. The highest BCUT2D eigenvalue weighted by Crippen LogP contribution is 2.28. The van der Waals surface area contributed by atoms with E-state index in [0.29, 0.717) is 0 Å². The molecule has 1 unspecified atom stereocenters. The molecule has 0 aliphatic carbocycles. The Morgan fingerprint density at radius 3 is 2.95 bits per heavy atom. The number of aromatic amines is 1. The first kappa shape index (κ1) is 12.2. The Balaban J connectivity index is 2.10. The summed E-state index contributed by atoms with van der Waals surface area (Å²) >= 11 is 0. The summed E-state index contributed by atoms with van der Waals surface area (Å²) in [5.74, 6) is 0.967. The molecule has 2 aromatic rings. The summed E-state index contributed by atoms with van der Waals surface area (Å²) in [5, 5.41) is 4.22. The molecule has 0 saturated carbocycles. The van der Waals surface area contributed by atoms with Crippen LogP contribution in [0.5, 0.6) is 5.75 Å². The summed E-state index contributed by atoms with van der Waals surface area (Å²) in [7, 11) is 1.64. The van der Waals surface area contributed by atoms with E-state index in [0.717, 1.165) is 47.3 Å². The van der Waals surface area contributed by atoms with Crippen molar-refractivity contribution in [3.05, 3.63) is 29.5 Å². The van der Waals surface area contributed by atoms with Crippen LogP contribution in [-0.4, -0.2) is 30.5 Å². The fourth-order valence-electron chi connectivity index (χ4n) is 2.83. The molecular formula is C15H18N2O2. The average Bonchev–Trinajstić information content (AvgIpc) is 3.03. The Labute approximate surface area is 112 Å². The molecular weight excluding hydrogens is 240 g/mol. The number of rotatable bonds is 3. The number of ether oxygens (including phenoxy) is 1. The number of hydrogen-bond acceptors (Lipinski definition) is 3. The lowest BCUT2D eigenvalue weighted by Gasteiger charge is -2.09. The highest BCUT2D eigenvalue weighted by molar-refractivity contribution is 6.11. The number of ketones is 1. The molecule has 1 saturated heterocycles. The van der Waals surface area contributed by atoms with Gasteiger partial charge in [-0.25, -0.2) is 0 Å². The number of nitrogens with one attached hydrogen (secondary N) is 2. The third kappa shape index (κ3) is 2.02. The first-order chi connectivity index (χ1) is 9.20. The number of carbonyl (C=O) groups is 1. The number of hydrogen-bond donors (Lipinski definition) is 2. The molecule has 100 valence electrons. The number of H-pyrrole nitrogens is 1. The van der Waals surface area contributed by atoms with Crippen molar-refractivity contribution in [2.75, 3.05) is 13.7 Å². The maximum Gasteiger partial charge on any atom is 0.182 e. The summed E-state index contributed by atoms with van der Waals surface area (Å²) in [6, 6.07) is 5.75. The predicted molar refractivity (Wildman–Crippen MR) is 74.9 cm³/mol. The second-order valence-electron chi connectivity index (χ2n) is 5.05. The van der Waals surface area contributed by atoms with Gasteiger partial charge in [0, 0.05) is 22.2 Å². The Kier molecular flexibility index (Phi) is 3.03. The van der Waals surface area contributed by atoms with Gasteiger partial charge in [0.15, 0.2) is 5.78 Å². The highest BCUT2D eigenvalue weighted by Gasteiger charge is 2.27. The molecule has 2 heterocycles. The number of aromatic nitrogens is 1. The predicted octanol–water partition coefficient (Wildman–Crippen LogP) is 2.42. The topological polar surface area (TPSA) is 54.1 Å². The molecule has 4 heteroatoms. The van der Waals surface area contributed by atoms with E-state index < -0.39 is 0 Å². The van der Waals surface area contributed by atoms with Crippen LogP contribution >= 0.6 is 0 Å². The zero-order chi connectivity index (χ0) is 13.4. The van der Waals surface area contributed by atoms with Crippen molar-refractivity contribution in [1.82, 2.24) is 10.3 Å². The molecule has 2 N–H and O–H groups in total. The number of Topliss-reactive ketones (excluding diaryl/α,β-unsaturated/α-hetero) is 1. The van der Waals surface area contributed by atoms with Crippen molar-refractivity contribution < 1.29 is 9.53 Å². The minimum Gasteiger partial charge on any atom is -0.497 e. The van der Waals surface area contributed by atoms with Crippen molar-refractivity contribution in [3.8, 4) is 5.75 Å². The van der Waals surface area contributed by atoms with Gasteiger partial charge in [-0.15, -0.1) is 0 Å². The average molecular weight is 258 g/mol. The van der Waals surface area contributed by atoms with Crippen molar-refractivity contribution in [2.45, 2.75) is 25.8 Å². The molecule has 3 rings (SSSR count). The zero-order valence-corrected chi connectivity index (χ0v) is 11.2. The van der Waals surface area contributed by atoms with Gasteiger partial charge in [0.25, 0.3) is 0 Å². The lowest BCUT2D eigenvalue weighted by atomic mass is 10.00. The minimum absolute atomic E-state index is 0.0381. The van der Waals surface area contributed by atoms with E-state index in [-0.39, 0.29) is 11.8 Å². The number of methoxy groups -OCH3 is 1. The number of carbonyl (C=O) groups excluding carboxylic acids is 1. The maximum atomic E-state index is 12.6. The van der Waals surface area contributed by atoms with E-state index >= 15 is 0 Å². The van der Waals surface area contributed by atoms with Gasteiger partial charge < -0.3 is 15.0 Å². The van der Waals surface area contributed by atoms with Crippen LogP contribution in [-0.2, 0) is 0 Å². The lowest BCUT2D eigenvalue weighted by Crippen LogP contribution is -2.31. The molecule has 1 aliphatic rings. The van der Waals surface area contributed by atoms with E-state index in [1.165, 1.54) is 0 Å². The molecule has 1 aliphatic heterocycles. The van der Waals surface area contributed by atoms with Gasteiger partial charge in [0.05, 0.1) is 13.2 Å². The van der Waals surface area contributed by atoms with E-state index in [1.54, 1.807) is 7.11 Å². The Hall–Kier alpha value is -1.81. The Morgan fingerprint density at radius 2 is 2.26 bits per heavy atom. The van der Waals surface area contributed by atoms with Gasteiger partial charge in [-0.1, -0.05) is 0 Å².